The number of amides is 1. The van der Waals surface area contributed by atoms with E-state index >= 15 is 0 Å². The summed E-state index contributed by atoms with van der Waals surface area (Å²) in [7, 11) is -2.73. The Balaban J connectivity index is 2.04. The van der Waals surface area contributed by atoms with E-state index in [1.165, 1.54) is 13.2 Å². The number of benzene rings is 3. The maximum atomic E-state index is 13.8. The highest BCUT2D eigenvalue weighted by Crippen LogP contribution is 2.32. The molecule has 1 amide bonds. The second-order valence-electron chi connectivity index (χ2n) is 7.85. The summed E-state index contributed by atoms with van der Waals surface area (Å²) in [6.45, 7) is 5.41. The number of hydrogen-bond donors (Lipinski definition) is 1. The van der Waals surface area contributed by atoms with Gasteiger partial charge in [0.25, 0.3) is 10.0 Å². The predicted molar refractivity (Wildman–Crippen MR) is 138 cm³/mol. The Bertz CT molecular complexity index is 1250. The minimum absolute atomic E-state index is 0.0130. The van der Waals surface area contributed by atoms with Crippen LogP contribution in [-0.4, -0.2) is 28.0 Å². The van der Waals surface area contributed by atoms with Gasteiger partial charge in [-0.2, -0.15) is 0 Å². The van der Waals surface area contributed by atoms with Crippen LogP contribution in [0.3, 0.4) is 0 Å². The molecule has 0 aliphatic rings. The van der Waals surface area contributed by atoms with Gasteiger partial charge in [0.2, 0.25) is 5.91 Å². The first-order chi connectivity index (χ1) is 16.2. The van der Waals surface area contributed by atoms with Crippen molar-refractivity contribution in [1.82, 2.24) is 0 Å². The molecule has 180 valence electrons. The van der Waals surface area contributed by atoms with Crippen LogP contribution in [0.4, 0.5) is 11.4 Å². The number of hydrogen-bond acceptors (Lipinski definition) is 4. The van der Waals surface area contributed by atoms with Crippen molar-refractivity contribution < 1.29 is 17.9 Å². The minimum atomic E-state index is -4.15. The zero-order valence-electron chi connectivity index (χ0n) is 19.8. The first-order valence-corrected chi connectivity index (χ1v) is 12.9. The van der Waals surface area contributed by atoms with Gasteiger partial charge in [0, 0.05) is 10.7 Å². The summed E-state index contributed by atoms with van der Waals surface area (Å²) in [5, 5.41) is 3.42. The molecule has 8 heteroatoms. The molecule has 0 fully saturated rings. The number of para-hydroxylation sites is 1. The Morgan fingerprint density at radius 1 is 1.00 bits per heavy atom. The van der Waals surface area contributed by atoms with Gasteiger partial charge in [-0.15, -0.1) is 0 Å². The number of anilines is 2. The zero-order valence-corrected chi connectivity index (χ0v) is 21.3. The van der Waals surface area contributed by atoms with Gasteiger partial charge in [-0.25, -0.2) is 8.42 Å². The fraction of sp³-hybridized carbons (Fsp3) is 0.269. The number of sulfonamides is 1. The van der Waals surface area contributed by atoms with Crippen LogP contribution in [0.2, 0.25) is 5.02 Å². The van der Waals surface area contributed by atoms with Gasteiger partial charge in [0.15, 0.2) is 0 Å². The average Bonchev–Trinajstić information content (AvgIpc) is 2.83. The molecule has 0 unspecified atom stereocenters. The number of halogens is 1. The van der Waals surface area contributed by atoms with Gasteiger partial charge in [-0.3, -0.25) is 9.10 Å². The Hall–Kier alpha value is -3.03. The lowest BCUT2D eigenvalue weighted by molar-refractivity contribution is -0.114. The van der Waals surface area contributed by atoms with Crippen LogP contribution in [-0.2, 0) is 27.7 Å². The molecule has 3 rings (SSSR count). The molecule has 0 radical (unpaired) electrons. The van der Waals surface area contributed by atoms with E-state index in [0.717, 1.165) is 39.5 Å². The maximum Gasteiger partial charge on any atom is 0.268 e. The highest BCUT2D eigenvalue weighted by atomic mass is 35.5. The first kappa shape index (κ1) is 25.6. The SMILES string of the molecule is CCc1cccc(CC)c1NC(=O)CN(c1ccc(Cl)cc1)S(=O)(=O)c1cc(C)ccc1OC. The predicted octanol–water partition coefficient (Wildman–Crippen LogP) is 5.62. The summed E-state index contributed by atoms with van der Waals surface area (Å²) in [5.41, 5.74) is 3.80. The van der Waals surface area contributed by atoms with Crippen LogP contribution in [0.25, 0.3) is 0 Å². The van der Waals surface area contributed by atoms with Gasteiger partial charge in [0.05, 0.1) is 12.8 Å². The quantitative estimate of drug-likeness (QED) is 0.414. The summed E-state index contributed by atoms with van der Waals surface area (Å²) in [5.74, 6) is -0.240. The molecule has 3 aromatic carbocycles. The van der Waals surface area contributed by atoms with Crippen molar-refractivity contribution in [2.45, 2.75) is 38.5 Å². The van der Waals surface area contributed by atoms with E-state index in [0.29, 0.717) is 10.7 Å². The topological polar surface area (TPSA) is 75.7 Å². The van der Waals surface area contributed by atoms with Gasteiger partial charge in [-0.1, -0.05) is 49.7 Å². The smallest absolute Gasteiger partial charge is 0.268 e. The standard InChI is InChI=1S/C26H29ClN2O4S/c1-5-19-8-7-9-20(6-2)26(19)28-25(30)17-29(22-13-11-21(27)12-14-22)34(31,32)24-16-18(3)10-15-23(24)33-4/h7-16H,5-6,17H2,1-4H3,(H,28,30). The number of ether oxygens (including phenoxy) is 1. The van der Waals surface area contributed by atoms with Crippen molar-refractivity contribution >= 4 is 38.9 Å². The fourth-order valence-electron chi connectivity index (χ4n) is 3.74. The van der Waals surface area contributed by atoms with Crippen molar-refractivity contribution in [2.24, 2.45) is 0 Å². The summed E-state index contributed by atoms with van der Waals surface area (Å²) in [6, 6.07) is 17.1. The molecule has 1 N–H and O–H groups in total. The Labute approximate surface area is 206 Å². The maximum absolute atomic E-state index is 13.8. The third-order valence-corrected chi connectivity index (χ3v) is 7.60. The van der Waals surface area contributed by atoms with E-state index in [2.05, 4.69) is 5.32 Å². The lowest BCUT2D eigenvalue weighted by Crippen LogP contribution is -2.38. The highest BCUT2D eigenvalue weighted by molar-refractivity contribution is 7.93. The van der Waals surface area contributed by atoms with Crippen molar-refractivity contribution in [1.29, 1.82) is 0 Å². The van der Waals surface area contributed by atoms with E-state index in [9.17, 15) is 13.2 Å². The zero-order chi connectivity index (χ0) is 24.9. The van der Waals surface area contributed by atoms with Crippen LogP contribution in [0, 0.1) is 6.92 Å². The molecule has 0 aromatic heterocycles. The minimum Gasteiger partial charge on any atom is -0.495 e. The number of nitrogens with one attached hydrogen (secondary N) is 1. The number of methoxy groups -OCH3 is 1. The van der Waals surface area contributed by atoms with Gasteiger partial charge >= 0.3 is 0 Å². The summed E-state index contributed by atoms with van der Waals surface area (Å²) in [4.78, 5) is 13.2. The Kier molecular flexibility index (Phi) is 8.23. The van der Waals surface area contributed by atoms with Gasteiger partial charge in [0.1, 0.15) is 17.2 Å². The monoisotopic (exact) mass is 500 g/mol. The van der Waals surface area contributed by atoms with Crippen LogP contribution in [0.1, 0.15) is 30.5 Å². The summed E-state index contributed by atoms with van der Waals surface area (Å²) < 4.78 is 34.0. The van der Waals surface area contributed by atoms with Crippen LogP contribution in [0.5, 0.6) is 5.75 Å². The Morgan fingerprint density at radius 3 is 2.18 bits per heavy atom. The molecule has 0 atom stereocenters. The highest BCUT2D eigenvalue weighted by Gasteiger charge is 2.30. The van der Waals surface area contributed by atoms with Crippen molar-refractivity contribution in [3.8, 4) is 5.75 Å². The molecule has 0 heterocycles. The van der Waals surface area contributed by atoms with Crippen molar-refractivity contribution in [3.05, 3.63) is 82.4 Å². The molecular formula is C26H29ClN2O4S. The number of carbonyl (C=O) groups excluding carboxylic acids is 1. The molecule has 0 saturated heterocycles. The van der Waals surface area contributed by atoms with Crippen molar-refractivity contribution in [3.63, 3.8) is 0 Å². The second kappa shape index (κ2) is 10.9. The molecule has 0 saturated carbocycles. The van der Waals surface area contributed by atoms with Crippen molar-refractivity contribution in [2.75, 3.05) is 23.3 Å². The molecule has 0 aliphatic carbocycles. The lowest BCUT2D eigenvalue weighted by atomic mass is 10.0. The molecule has 3 aromatic rings. The summed E-state index contributed by atoms with van der Waals surface area (Å²) in [6.07, 6.45) is 1.48. The van der Waals surface area contributed by atoms with Gasteiger partial charge in [-0.05, 0) is 72.9 Å². The van der Waals surface area contributed by atoms with E-state index in [1.807, 2.05) is 32.0 Å². The Morgan fingerprint density at radius 2 is 1.62 bits per heavy atom. The number of carbonyl (C=O) groups is 1. The van der Waals surface area contributed by atoms with Crippen LogP contribution >= 0.6 is 11.6 Å². The normalized spacial score (nSPS) is 11.2. The fourth-order valence-corrected chi connectivity index (χ4v) is 5.53. The number of aryl methyl sites for hydroxylation is 3. The second-order valence-corrected chi connectivity index (χ2v) is 10.1. The largest absolute Gasteiger partial charge is 0.495 e. The molecule has 34 heavy (non-hydrogen) atoms. The molecule has 0 bridgehead atoms. The number of nitrogens with zero attached hydrogens (tertiary/aromatic N) is 1. The van der Waals surface area contributed by atoms with Gasteiger partial charge < -0.3 is 10.1 Å². The molecule has 0 aliphatic heterocycles. The van der Waals surface area contributed by atoms with Crippen LogP contribution in [0.15, 0.2) is 65.6 Å². The number of rotatable bonds is 9. The summed E-state index contributed by atoms with van der Waals surface area (Å²) >= 11 is 6.03. The van der Waals surface area contributed by atoms with E-state index in [1.54, 1.807) is 43.3 Å². The van der Waals surface area contributed by atoms with Crippen LogP contribution < -0.4 is 14.4 Å². The van der Waals surface area contributed by atoms with E-state index < -0.39 is 22.5 Å². The average molecular weight is 501 g/mol. The molecule has 0 spiro atoms. The lowest BCUT2D eigenvalue weighted by Gasteiger charge is -2.25. The molecule has 6 nitrogen and oxygen atoms in total. The van der Waals surface area contributed by atoms with E-state index in [-0.39, 0.29) is 10.6 Å². The molecular weight excluding hydrogens is 472 g/mol. The first-order valence-electron chi connectivity index (χ1n) is 11.0. The third-order valence-electron chi connectivity index (χ3n) is 5.55. The van der Waals surface area contributed by atoms with E-state index in [4.69, 9.17) is 16.3 Å². The third kappa shape index (κ3) is 5.54.